The van der Waals surface area contributed by atoms with Crippen LogP contribution in [0.25, 0.3) is 0 Å². The van der Waals surface area contributed by atoms with Crippen molar-refractivity contribution in [1.82, 2.24) is 0 Å². The summed E-state index contributed by atoms with van der Waals surface area (Å²) in [5, 5.41) is 106. The van der Waals surface area contributed by atoms with Crippen molar-refractivity contribution >= 4 is 11.9 Å². The molecule has 8 rings (SSSR count). The number of carboxylic acid groups (broad SMARTS) is 2. The van der Waals surface area contributed by atoms with Crippen molar-refractivity contribution in [1.29, 1.82) is 0 Å². The average molecular weight is 927 g/mol. The van der Waals surface area contributed by atoms with Crippen molar-refractivity contribution in [3.05, 3.63) is 11.6 Å². The maximum atomic E-state index is 13.2. The number of carbonyl (C=O) groups is 2. The Hall–Kier alpha value is -1.88. The highest BCUT2D eigenvalue weighted by atomic mass is 16.8. The third kappa shape index (κ3) is 7.76. The highest BCUT2D eigenvalue weighted by Gasteiger charge is 2.70. The largest absolute Gasteiger partial charge is 0.481 e. The smallest absolute Gasteiger partial charge is 0.335 e. The van der Waals surface area contributed by atoms with Gasteiger partial charge in [-0.05, 0) is 109 Å². The lowest BCUT2D eigenvalue weighted by molar-refractivity contribution is -0.391. The van der Waals surface area contributed by atoms with E-state index in [1.54, 1.807) is 0 Å². The van der Waals surface area contributed by atoms with Gasteiger partial charge >= 0.3 is 11.9 Å². The summed E-state index contributed by atoms with van der Waals surface area (Å²) in [6.45, 7) is 14.7. The minimum Gasteiger partial charge on any atom is -0.481 e. The van der Waals surface area contributed by atoms with Crippen LogP contribution in [-0.2, 0) is 38.0 Å². The molecule has 0 spiro atoms. The van der Waals surface area contributed by atoms with Gasteiger partial charge in [0.25, 0.3) is 0 Å². The molecule has 3 aliphatic heterocycles. The van der Waals surface area contributed by atoms with Crippen molar-refractivity contribution in [2.75, 3.05) is 13.2 Å². The Kier molecular flexibility index (Phi) is 13.1. The first-order valence-electron chi connectivity index (χ1n) is 23.7. The minimum atomic E-state index is -2.06. The fourth-order valence-corrected chi connectivity index (χ4v) is 14.8. The highest BCUT2D eigenvalue weighted by Crippen LogP contribution is 2.76. The molecule has 370 valence electrons. The number of aliphatic hydroxyl groups excluding tert-OH is 8. The molecular formula is C47H74O18. The van der Waals surface area contributed by atoms with Crippen molar-refractivity contribution in [3.8, 4) is 0 Å². The van der Waals surface area contributed by atoms with Crippen LogP contribution in [0.4, 0.5) is 0 Å². The number of hydrogen-bond acceptors (Lipinski definition) is 16. The number of rotatable bonds is 9. The van der Waals surface area contributed by atoms with Gasteiger partial charge in [-0.25, -0.2) is 4.79 Å². The SMILES string of the molecule is CC1(C)CC[C@]2(C(=O)O)CC[C@]3(C)C(=CC[C@@H]4[C@@]5(C)CC[C@H](O[C@@H]6O[C@H](C(=O)O)[C@@H](O)[C@H](O[C@@H]7O[C@H](CO)[C@H](O)[C@H](O)[C@H]7O)[C@H]6O[C@@H]6OC[C@@H](O)[C@H](O)[C@H]6O)C(C)(C)[C@@H]5CC[C@]43C)[C@@H]2C1. The van der Waals surface area contributed by atoms with Gasteiger partial charge in [-0.15, -0.1) is 0 Å². The molecule has 18 nitrogen and oxygen atoms in total. The quantitative estimate of drug-likeness (QED) is 0.116. The number of fused-ring (bicyclic) bond motifs is 7. The van der Waals surface area contributed by atoms with Crippen LogP contribution in [0.2, 0.25) is 0 Å². The van der Waals surface area contributed by atoms with Crippen LogP contribution in [0.15, 0.2) is 11.6 Å². The van der Waals surface area contributed by atoms with Gasteiger partial charge in [-0.1, -0.05) is 60.1 Å². The number of aliphatic carboxylic acids is 2. The van der Waals surface area contributed by atoms with E-state index in [0.717, 1.165) is 44.9 Å². The van der Waals surface area contributed by atoms with Crippen LogP contribution in [0, 0.1) is 50.2 Å². The summed E-state index contributed by atoms with van der Waals surface area (Å²) in [7, 11) is 0. The lowest BCUT2D eigenvalue weighted by Crippen LogP contribution is -2.68. The Balaban J connectivity index is 1.10. The second-order valence-electron chi connectivity index (χ2n) is 23.1. The van der Waals surface area contributed by atoms with E-state index in [4.69, 9.17) is 28.4 Å². The molecule has 0 amide bonds. The van der Waals surface area contributed by atoms with Crippen LogP contribution < -0.4 is 0 Å². The maximum Gasteiger partial charge on any atom is 0.335 e. The summed E-state index contributed by atoms with van der Waals surface area (Å²) >= 11 is 0. The summed E-state index contributed by atoms with van der Waals surface area (Å²) in [4.78, 5) is 25.9. The van der Waals surface area contributed by atoms with Crippen molar-refractivity contribution in [2.45, 2.75) is 205 Å². The summed E-state index contributed by atoms with van der Waals surface area (Å²) in [6, 6.07) is 0. The van der Waals surface area contributed by atoms with E-state index >= 15 is 0 Å². The van der Waals surface area contributed by atoms with E-state index in [2.05, 4.69) is 54.5 Å². The first-order chi connectivity index (χ1) is 30.3. The maximum absolute atomic E-state index is 13.2. The van der Waals surface area contributed by atoms with Crippen LogP contribution in [0.5, 0.6) is 0 Å². The predicted molar refractivity (Wildman–Crippen MR) is 225 cm³/mol. The van der Waals surface area contributed by atoms with Crippen molar-refractivity contribution in [3.63, 3.8) is 0 Å². The molecule has 7 fully saturated rings. The predicted octanol–water partition coefficient (Wildman–Crippen LogP) is 1.44. The molecule has 5 aliphatic carbocycles. The van der Waals surface area contributed by atoms with E-state index in [1.165, 1.54) is 5.57 Å². The molecule has 0 aromatic rings. The fraction of sp³-hybridized carbons (Fsp3) is 0.915. The Labute approximate surface area is 380 Å². The molecule has 3 saturated heterocycles. The van der Waals surface area contributed by atoms with Crippen molar-refractivity contribution in [2.24, 2.45) is 50.2 Å². The van der Waals surface area contributed by atoms with Gasteiger partial charge in [0, 0.05) is 0 Å². The number of aliphatic hydroxyl groups is 8. The molecule has 0 aromatic carbocycles. The molecule has 8 aliphatic rings. The first kappa shape index (κ1) is 49.5. The molecular weight excluding hydrogens is 852 g/mol. The van der Waals surface area contributed by atoms with E-state index < -0.39 is 128 Å². The Morgan fingerprint density at radius 3 is 2.02 bits per heavy atom. The molecule has 3 heterocycles. The van der Waals surface area contributed by atoms with Crippen molar-refractivity contribution < 1.29 is 89.1 Å². The van der Waals surface area contributed by atoms with Crippen LogP contribution in [0.3, 0.4) is 0 Å². The van der Waals surface area contributed by atoms with Crippen LogP contribution in [0.1, 0.15) is 113 Å². The number of hydrogen-bond donors (Lipinski definition) is 10. The first-order valence-corrected chi connectivity index (χ1v) is 23.7. The zero-order valence-electron chi connectivity index (χ0n) is 38.7. The van der Waals surface area contributed by atoms with Crippen LogP contribution >= 0.6 is 0 Å². The normalized spacial score (nSPS) is 52.8. The Morgan fingerprint density at radius 1 is 0.692 bits per heavy atom. The van der Waals surface area contributed by atoms with Gasteiger partial charge in [-0.2, -0.15) is 0 Å². The second kappa shape index (κ2) is 17.2. The number of ether oxygens (including phenoxy) is 6. The second-order valence-corrected chi connectivity index (χ2v) is 23.1. The molecule has 0 bridgehead atoms. The van der Waals surface area contributed by atoms with Gasteiger partial charge in [0.2, 0.25) is 0 Å². The zero-order chi connectivity index (χ0) is 47.6. The molecule has 65 heavy (non-hydrogen) atoms. The molecule has 0 unspecified atom stereocenters. The van der Waals surface area contributed by atoms with Gasteiger partial charge in [0.05, 0.1) is 24.7 Å². The molecule has 0 radical (unpaired) electrons. The van der Waals surface area contributed by atoms with Crippen LogP contribution in [-0.4, -0.2) is 168 Å². The molecule has 0 aromatic heterocycles. The third-order valence-corrected chi connectivity index (χ3v) is 18.9. The van der Waals surface area contributed by atoms with Gasteiger partial charge in [0.15, 0.2) is 25.0 Å². The van der Waals surface area contributed by atoms with E-state index in [1.807, 2.05) is 0 Å². The topological polar surface area (TPSA) is 292 Å². The Morgan fingerprint density at radius 2 is 1.35 bits per heavy atom. The van der Waals surface area contributed by atoms with E-state index in [9.17, 15) is 60.7 Å². The fourth-order valence-electron chi connectivity index (χ4n) is 14.8. The highest BCUT2D eigenvalue weighted by molar-refractivity contribution is 5.76. The summed E-state index contributed by atoms with van der Waals surface area (Å²) in [5.41, 5.74) is -0.471. The standard InChI is InChI=1S/C47H74O18/c1-42(2)14-16-47(41(58)59)17-15-45(6)21(22(47)18-42)8-9-26-44(5)12-11-27(43(3,4)25(44)10-13-46(26,45)7)62-40-36(65-38-31(53)28(50)23(49)20-60-38)34(33(55)35(64-40)37(56)57)63-39-32(54)30(52)29(51)24(19-48)61-39/h8,22-36,38-40,48-55H,9-20H2,1-7H3,(H,56,57)(H,58,59)/t22-,23+,24+,25-,26+,27-,28-,29-,30-,31+,32+,33-,34-,35-,36+,38-,39-,40+,44-,45+,46+,47-/m0/s1. The molecule has 18 heteroatoms. The summed E-state index contributed by atoms with van der Waals surface area (Å²) < 4.78 is 36.3. The van der Waals surface area contributed by atoms with E-state index in [0.29, 0.717) is 19.3 Å². The molecule has 22 atom stereocenters. The lowest BCUT2D eigenvalue weighted by atomic mass is 9.33. The zero-order valence-corrected chi connectivity index (χ0v) is 38.7. The summed E-state index contributed by atoms with van der Waals surface area (Å²) in [5.74, 6) is -1.95. The van der Waals surface area contributed by atoms with Gasteiger partial charge in [0.1, 0.15) is 61.0 Å². The van der Waals surface area contributed by atoms with Gasteiger partial charge in [-0.3, -0.25) is 4.79 Å². The number of allylic oxidation sites excluding steroid dienone is 2. The minimum absolute atomic E-state index is 0.0212. The lowest BCUT2D eigenvalue weighted by Gasteiger charge is -2.71. The average Bonchev–Trinajstić information content (AvgIpc) is 3.23. The number of carboxylic acids is 2. The summed E-state index contributed by atoms with van der Waals surface area (Å²) in [6.07, 6.45) is -15.3. The molecule has 10 N–H and O–H groups in total. The molecule has 4 saturated carbocycles. The monoisotopic (exact) mass is 926 g/mol. The Bertz CT molecular complexity index is 1820. The van der Waals surface area contributed by atoms with Gasteiger partial charge < -0.3 is 79.5 Å². The third-order valence-electron chi connectivity index (χ3n) is 18.9. The van der Waals surface area contributed by atoms with E-state index in [-0.39, 0.29) is 39.4 Å².